The summed E-state index contributed by atoms with van der Waals surface area (Å²) in [7, 11) is -1.19. The van der Waals surface area contributed by atoms with Gasteiger partial charge in [-0.25, -0.2) is 0 Å². The van der Waals surface area contributed by atoms with Crippen LogP contribution in [0.25, 0.3) is 0 Å². The second-order valence-electron chi connectivity index (χ2n) is 9.13. The van der Waals surface area contributed by atoms with Crippen LogP contribution in [0.3, 0.4) is 0 Å². The van der Waals surface area contributed by atoms with Crippen molar-refractivity contribution in [2.75, 3.05) is 38.0 Å². The van der Waals surface area contributed by atoms with E-state index in [2.05, 4.69) is 16.7 Å². The van der Waals surface area contributed by atoms with Gasteiger partial charge in [-0.2, -0.15) is 12.7 Å². The van der Waals surface area contributed by atoms with Crippen LogP contribution in [0.2, 0.25) is 0 Å². The highest BCUT2D eigenvalue weighted by Crippen LogP contribution is 2.22. The number of unbranched alkanes of at least 4 members (excludes halogenated alkanes) is 3. The second-order valence-corrected chi connectivity index (χ2v) is 10.8. The number of benzene rings is 1. The molecule has 0 amide bonds. The average molecular weight is 452 g/mol. The molecule has 1 aromatic carbocycles. The molecule has 6 nitrogen and oxygen atoms in total. The predicted octanol–water partition coefficient (Wildman–Crippen LogP) is 4.65. The molecule has 0 bridgehead atoms. The molecule has 0 atom stereocenters. The molecule has 0 aromatic heterocycles. The zero-order chi connectivity index (χ0) is 21.9. The number of nitrogens with one attached hydrogen (secondary N) is 1. The zero-order valence-electron chi connectivity index (χ0n) is 19.2. The van der Waals surface area contributed by atoms with Gasteiger partial charge >= 0.3 is 10.2 Å². The standard InChI is InChI=1S/C24H41N3O3S/c1-26(23-14-8-5-9-15-23)18-10-2-3-11-21-30-24-16-19-27(20-17-24)31(28,29)25-22-12-6-4-7-13-22/h4,6-7,12-13,23-25H,2-3,5,8-11,14-21H2,1H3. The summed E-state index contributed by atoms with van der Waals surface area (Å²) in [4.78, 5) is 2.57. The van der Waals surface area contributed by atoms with Crippen molar-refractivity contribution in [3.05, 3.63) is 30.3 Å². The quantitative estimate of drug-likeness (QED) is 0.470. The van der Waals surface area contributed by atoms with E-state index in [1.54, 1.807) is 12.1 Å². The molecule has 1 aliphatic heterocycles. The lowest BCUT2D eigenvalue weighted by Gasteiger charge is -2.31. The van der Waals surface area contributed by atoms with E-state index in [9.17, 15) is 8.42 Å². The van der Waals surface area contributed by atoms with Gasteiger partial charge in [-0.3, -0.25) is 4.72 Å². The van der Waals surface area contributed by atoms with Crippen molar-refractivity contribution in [1.29, 1.82) is 0 Å². The van der Waals surface area contributed by atoms with Crippen molar-refractivity contribution < 1.29 is 13.2 Å². The summed E-state index contributed by atoms with van der Waals surface area (Å²) in [5.41, 5.74) is 0.603. The highest BCUT2D eigenvalue weighted by Gasteiger charge is 2.28. The van der Waals surface area contributed by atoms with Crippen LogP contribution in [-0.4, -0.2) is 63.1 Å². The summed E-state index contributed by atoms with van der Waals surface area (Å²) in [6.07, 6.45) is 13.6. The van der Waals surface area contributed by atoms with Crippen LogP contribution >= 0.6 is 0 Å². The van der Waals surface area contributed by atoms with Gasteiger partial charge in [-0.15, -0.1) is 0 Å². The smallest absolute Gasteiger partial charge is 0.301 e. The number of anilines is 1. The molecule has 1 aliphatic carbocycles. The second kappa shape index (κ2) is 12.8. The molecule has 1 aromatic rings. The Morgan fingerprint density at radius 2 is 1.65 bits per heavy atom. The van der Waals surface area contributed by atoms with E-state index in [0.29, 0.717) is 18.8 Å². The Hall–Kier alpha value is -1.15. The van der Waals surface area contributed by atoms with Gasteiger partial charge in [0.25, 0.3) is 0 Å². The number of para-hydroxylation sites is 1. The molecule has 0 radical (unpaired) electrons. The first-order valence-corrected chi connectivity index (χ1v) is 13.6. The van der Waals surface area contributed by atoms with E-state index in [0.717, 1.165) is 31.9 Å². The minimum Gasteiger partial charge on any atom is -0.378 e. The predicted molar refractivity (Wildman–Crippen MR) is 128 cm³/mol. The molecule has 1 saturated carbocycles. The third-order valence-corrected chi connectivity index (χ3v) is 8.26. The van der Waals surface area contributed by atoms with Crippen molar-refractivity contribution in [2.45, 2.75) is 82.8 Å². The number of piperidine rings is 1. The van der Waals surface area contributed by atoms with Gasteiger partial charge in [0.05, 0.1) is 6.10 Å². The summed E-state index contributed by atoms with van der Waals surface area (Å²) in [5.74, 6) is 0. The van der Waals surface area contributed by atoms with Gasteiger partial charge in [0, 0.05) is 31.4 Å². The molecule has 0 spiro atoms. The molecule has 2 fully saturated rings. The molecule has 7 heteroatoms. The van der Waals surface area contributed by atoms with Crippen molar-refractivity contribution in [3.8, 4) is 0 Å². The highest BCUT2D eigenvalue weighted by molar-refractivity contribution is 7.90. The van der Waals surface area contributed by atoms with E-state index in [1.807, 2.05) is 18.2 Å². The van der Waals surface area contributed by atoms with Crippen LogP contribution < -0.4 is 4.72 Å². The third kappa shape index (κ3) is 8.37. The molecule has 1 N–H and O–H groups in total. The van der Waals surface area contributed by atoms with Crippen molar-refractivity contribution in [3.63, 3.8) is 0 Å². The van der Waals surface area contributed by atoms with E-state index in [4.69, 9.17) is 4.74 Å². The fourth-order valence-corrected chi connectivity index (χ4v) is 5.98. The van der Waals surface area contributed by atoms with Gasteiger partial charge in [0.1, 0.15) is 0 Å². The monoisotopic (exact) mass is 451 g/mol. The molecule has 1 saturated heterocycles. The fourth-order valence-electron chi connectivity index (χ4n) is 4.73. The van der Waals surface area contributed by atoms with E-state index in [1.165, 1.54) is 62.2 Å². The van der Waals surface area contributed by atoms with Gasteiger partial charge < -0.3 is 9.64 Å². The minimum atomic E-state index is -3.49. The maximum Gasteiger partial charge on any atom is 0.301 e. The van der Waals surface area contributed by atoms with Crippen molar-refractivity contribution >= 4 is 15.9 Å². The number of rotatable bonds is 12. The molecule has 0 unspecified atom stereocenters. The van der Waals surface area contributed by atoms with Crippen molar-refractivity contribution in [2.24, 2.45) is 0 Å². The van der Waals surface area contributed by atoms with Crippen molar-refractivity contribution in [1.82, 2.24) is 9.21 Å². The third-order valence-electron chi connectivity index (χ3n) is 6.72. The summed E-state index contributed by atoms with van der Waals surface area (Å²) >= 11 is 0. The van der Waals surface area contributed by atoms with Gasteiger partial charge in [-0.1, -0.05) is 50.3 Å². The zero-order valence-corrected chi connectivity index (χ0v) is 20.0. The summed E-state index contributed by atoms with van der Waals surface area (Å²) < 4.78 is 35.3. The van der Waals surface area contributed by atoms with Crippen LogP contribution in [-0.2, 0) is 14.9 Å². The Balaban J connectivity index is 1.22. The largest absolute Gasteiger partial charge is 0.378 e. The number of ether oxygens (including phenoxy) is 1. The average Bonchev–Trinajstić information content (AvgIpc) is 2.79. The van der Waals surface area contributed by atoms with E-state index < -0.39 is 10.2 Å². The lowest BCUT2D eigenvalue weighted by Crippen LogP contribution is -2.43. The van der Waals surface area contributed by atoms with Crippen LogP contribution in [0.5, 0.6) is 0 Å². The lowest BCUT2D eigenvalue weighted by atomic mass is 9.94. The summed E-state index contributed by atoms with van der Waals surface area (Å²) in [6, 6.07) is 9.87. The van der Waals surface area contributed by atoms with E-state index in [-0.39, 0.29) is 6.10 Å². The molecule has 2 aliphatic rings. The first-order valence-electron chi connectivity index (χ1n) is 12.2. The Labute approximate surface area is 189 Å². The van der Waals surface area contributed by atoms with Gasteiger partial charge in [-0.05, 0) is 64.3 Å². The molecule has 1 heterocycles. The summed E-state index contributed by atoms with van der Waals surface area (Å²) in [6.45, 7) is 3.04. The van der Waals surface area contributed by atoms with Crippen LogP contribution in [0.1, 0.15) is 70.6 Å². The Morgan fingerprint density at radius 1 is 0.968 bits per heavy atom. The molecular formula is C24H41N3O3S. The number of nitrogens with zero attached hydrogens (tertiary/aromatic N) is 2. The SMILES string of the molecule is CN(CCCCCCOC1CCN(S(=O)(=O)Nc2ccccc2)CC1)C1CCCCC1. The Kier molecular flexibility index (Phi) is 10.1. The Morgan fingerprint density at radius 3 is 2.35 bits per heavy atom. The molecular weight excluding hydrogens is 410 g/mol. The minimum absolute atomic E-state index is 0.181. The first kappa shape index (κ1) is 24.5. The van der Waals surface area contributed by atoms with Crippen LogP contribution in [0.4, 0.5) is 5.69 Å². The van der Waals surface area contributed by atoms with Crippen LogP contribution in [0.15, 0.2) is 30.3 Å². The van der Waals surface area contributed by atoms with E-state index >= 15 is 0 Å². The molecule has 31 heavy (non-hydrogen) atoms. The van der Waals surface area contributed by atoms with Crippen LogP contribution in [0, 0.1) is 0 Å². The lowest BCUT2D eigenvalue weighted by molar-refractivity contribution is 0.0192. The van der Waals surface area contributed by atoms with Gasteiger partial charge in [0.15, 0.2) is 0 Å². The number of hydrogen-bond acceptors (Lipinski definition) is 4. The molecule has 176 valence electrons. The highest BCUT2D eigenvalue weighted by atomic mass is 32.2. The topological polar surface area (TPSA) is 61.9 Å². The first-order chi connectivity index (χ1) is 15.0. The molecule has 3 rings (SSSR count). The number of hydrogen-bond donors (Lipinski definition) is 1. The maximum absolute atomic E-state index is 12.5. The fraction of sp³-hybridized carbons (Fsp3) is 0.750. The van der Waals surface area contributed by atoms with Gasteiger partial charge in [0.2, 0.25) is 0 Å². The summed E-state index contributed by atoms with van der Waals surface area (Å²) in [5, 5.41) is 0. The normalized spacial score (nSPS) is 19.7. The maximum atomic E-state index is 12.5. The Bertz CT molecular complexity index is 715.